The van der Waals surface area contributed by atoms with E-state index in [1.807, 2.05) is 44.2 Å². The molecule has 240 valence electrons. The summed E-state index contributed by atoms with van der Waals surface area (Å²) in [7, 11) is 1.51. The largest absolute Gasteiger partial charge is 0.485 e. The highest BCUT2D eigenvalue weighted by molar-refractivity contribution is 5.70. The third-order valence-corrected chi connectivity index (χ3v) is 8.39. The van der Waals surface area contributed by atoms with Gasteiger partial charge >= 0.3 is 5.97 Å². The van der Waals surface area contributed by atoms with Crippen LogP contribution < -0.4 is 9.47 Å². The van der Waals surface area contributed by atoms with Gasteiger partial charge in [0, 0.05) is 24.1 Å². The van der Waals surface area contributed by atoms with Gasteiger partial charge in [0.05, 0.1) is 25.3 Å². The van der Waals surface area contributed by atoms with Crippen LogP contribution in [0.25, 0.3) is 11.1 Å². The second kappa shape index (κ2) is 16.4. The third kappa shape index (κ3) is 9.27. The Labute approximate surface area is 267 Å². The first-order chi connectivity index (χ1) is 21.8. The standard InChI is InChI=1S/C32H34FN3O4.C3H6.C2H6/c1-20(32(37)38)13-22-3-4-23-6-8-29(40-30(23)14-22)24-5-7-26(27-16-31(39-2)35-18-28(27)33)25(15-24)19-36-11-9-21(17-34)10-12-36;1-2-3-1;1-2/h3-5,7,14-16,18,20-21,29H,6,8-13,19H2,1-2H3,(H,37,38);1-3H2;1-2H3/t20?,29-;;/m0../s1. The van der Waals surface area contributed by atoms with E-state index in [4.69, 9.17) is 9.47 Å². The fraction of sp³-hybridized carbons (Fsp3) is 0.486. The monoisotopic (exact) mass is 615 g/mol. The van der Waals surface area contributed by atoms with Gasteiger partial charge in [0.25, 0.3) is 0 Å². The number of hydrogen-bond acceptors (Lipinski definition) is 6. The van der Waals surface area contributed by atoms with Crippen LogP contribution in [0.1, 0.15) is 87.7 Å². The Hall–Kier alpha value is -3.96. The highest BCUT2D eigenvalue weighted by Crippen LogP contribution is 2.38. The predicted octanol–water partition coefficient (Wildman–Crippen LogP) is 8.16. The van der Waals surface area contributed by atoms with E-state index in [-0.39, 0.29) is 12.0 Å². The summed E-state index contributed by atoms with van der Waals surface area (Å²) < 4.78 is 26.8. The number of pyridine rings is 1. The van der Waals surface area contributed by atoms with Crippen LogP contribution in [0.2, 0.25) is 0 Å². The van der Waals surface area contributed by atoms with Crippen LogP contribution in [0.3, 0.4) is 0 Å². The van der Waals surface area contributed by atoms with Crippen molar-refractivity contribution in [3.8, 4) is 28.8 Å². The number of fused-ring (bicyclic) bond motifs is 1. The molecule has 0 spiro atoms. The Morgan fingerprint density at radius 2 is 1.84 bits per heavy atom. The van der Waals surface area contributed by atoms with Crippen LogP contribution in [0.15, 0.2) is 48.7 Å². The number of benzene rings is 2. The predicted molar refractivity (Wildman–Crippen MR) is 174 cm³/mol. The second-order valence-electron chi connectivity index (χ2n) is 11.9. The summed E-state index contributed by atoms with van der Waals surface area (Å²) in [6, 6.07) is 16.1. The lowest BCUT2D eigenvalue weighted by Gasteiger charge is -2.31. The van der Waals surface area contributed by atoms with Gasteiger partial charge in [-0.05, 0) is 79.1 Å². The number of rotatable bonds is 8. The van der Waals surface area contributed by atoms with Gasteiger partial charge in [-0.1, -0.05) is 70.4 Å². The number of nitriles is 1. The molecule has 8 heteroatoms. The summed E-state index contributed by atoms with van der Waals surface area (Å²) in [4.78, 5) is 17.7. The Morgan fingerprint density at radius 3 is 2.49 bits per heavy atom. The van der Waals surface area contributed by atoms with E-state index in [0.29, 0.717) is 24.4 Å². The number of carbonyl (C=O) groups is 1. The molecule has 1 N–H and O–H groups in total. The summed E-state index contributed by atoms with van der Waals surface area (Å²) in [6.07, 6.45) is 9.27. The van der Waals surface area contributed by atoms with Crippen LogP contribution in [0.5, 0.6) is 11.6 Å². The summed E-state index contributed by atoms with van der Waals surface area (Å²) >= 11 is 0. The summed E-state index contributed by atoms with van der Waals surface area (Å²) in [5.41, 5.74) is 5.28. The first kappa shape index (κ1) is 33.9. The Kier molecular flexibility index (Phi) is 12.3. The molecule has 1 aromatic heterocycles. The number of carboxylic acid groups (broad SMARTS) is 1. The topological polar surface area (TPSA) is 95.7 Å². The van der Waals surface area contributed by atoms with Crippen molar-refractivity contribution in [2.24, 2.45) is 11.8 Å². The number of aryl methyl sites for hydroxylation is 1. The summed E-state index contributed by atoms with van der Waals surface area (Å²) in [5, 5.41) is 18.6. The zero-order valence-corrected chi connectivity index (χ0v) is 27.0. The molecular weight excluding hydrogens is 569 g/mol. The number of nitrogens with zero attached hydrogens (tertiary/aromatic N) is 3. The molecule has 2 fully saturated rings. The summed E-state index contributed by atoms with van der Waals surface area (Å²) in [6.45, 7) is 7.97. The molecule has 3 aliphatic rings. The number of aliphatic carboxylic acids is 1. The van der Waals surface area contributed by atoms with Gasteiger partial charge in [0.15, 0.2) is 0 Å². The highest BCUT2D eigenvalue weighted by atomic mass is 19.1. The molecule has 3 heterocycles. The lowest BCUT2D eigenvalue weighted by molar-refractivity contribution is -0.141. The molecule has 0 amide bonds. The van der Waals surface area contributed by atoms with Crippen LogP contribution >= 0.6 is 0 Å². The molecular formula is C37H46FN3O4. The van der Waals surface area contributed by atoms with Crippen molar-refractivity contribution in [2.45, 2.75) is 84.8 Å². The molecule has 2 aromatic carbocycles. The first-order valence-electron chi connectivity index (χ1n) is 16.3. The fourth-order valence-electron chi connectivity index (χ4n) is 5.62. The maximum atomic E-state index is 15.0. The molecule has 2 atom stereocenters. The number of aromatic nitrogens is 1. The van der Waals surface area contributed by atoms with Crippen LogP contribution in [-0.4, -0.2) is 41.2 Å². The van der Waals surface area contributed by atoms with Crippen molar-refractivity contribution in [1.29, 1.82) is 5.26 Å². The van der Waals surface area contributed by atoms with E-state index in [9.17, 15) is 15.2 Å². The van der Waals surface area contributed by atoms with E-state index < -0.39 is 17.7 Å². The van der Waals surface area contributed by atoms with E-state index in [1.165, 1.54) is 32.6 Å². The molecule has 7 nitrogen and oxygen atoms in total. The van der Waals surface area contributed by atoms with Crippen molar-refractivity contribution < 1.29 is 23.8 Å². The molecule has 1 saturated carbocycles. The van der Waals surface area contributed by atoms with Crippen molar-refractivity contribution >= 4 is 5.97 Å². The lowest BCUT2D eigenvalue weighted by Crippen LogP contribution is -2.33. The number of halogens is 1. The maximum absolute atomic E-state index is 15.0. The molecule has 0 bridgehead atoms. The highest BCUT2D eigenvalue weighted by Gasteiger charge is 2.25. The third-order valence-electron chi connectivity index (χ3n) is 8.39. The smallest absolute Gasteiger partial charge is 0.306 e. The van der Waals surface area contributed by atoms with Gasteiger partial charge in [-0.25, -0.2) is 9.37 Å². The molecule has 0 radical (unpaired) electrons. The van der Waals surface area contributed by atoms with Gasteiger partial charge in [-0.3, -0.25) is 9.69 Å². The van der Waals surface area contributed by atoms with E-state index in [2.05, 4.69) is 22.0 Å². The Balaban J connectivity index is 0.000000854. The quantitative estimate of drug-likeness (QED) is 0.273. The molecule has 45 heavy (non-hydrogen) atoms. The van der Waals surface area contributed by atoms with Crippen LogP contribution in [0, 0.1) is 29.0 Å². The Bertz CT molecular complexity index is 1470. The van der Waals surface area contributed by atoms with E-state index >= 15 is 4.39 Å². The normalized spacial score (nSPS) is 18.0. The SMILES string of the molecule is C1CC1.CC.COc1cc(-c2ccc([C@@H]3CCc4ccc(CC(C)C(=O)O)cc4O3)cc2CN2CCC(C#N)CC2)c(F)cn1. The van der Waals surface area contributed by atoms with Gasteiger partial charge < -0.3 is 14.6 Å². The van der Waals surface area contributed by atoms with E-state index in [0.717, 1.165) is 72.3 Å². The number of hydrogen-bond donors (Lipinski definition) is 1. The number of piperidine rings is 1. The van der Waals surface area contributed by atoms with Crippen molar-refractivity contribution in [3.05, 3.63) is 76.7 Å². The van der Waals surface area contributed by atoms with Gasteiger partial charge in [-0.15, -0.1) is 0 Å². The zero-order valence-electron chi connectivity index (χ0n) is 27.0. The van der Waals surface area contributed by atoms with Crippen LogP contribution in [0.4, 0.5) is 4.39 Å². The molecule has 1 unspecified atom stereocenters. The average Bonchev–Trinajstić information content (AvgIpc) is 3.96. The van der Waals surface area contributed by atoms with Gasteiger partial charge in [0.1, 0.15) is 17.7 Å². The van der Waals surface area contributed by atoms with Gasteiger partial charge in [0.2, 0.25) is 5.88 Å². The number of carboxylic acids is 1. The lowest BCUT2D eigenvalue weighted by atomic mass is 9.91. The second-order valence-corrected chi connectivity index (χ2v) is 11.9. The Morgan fingerprint density at radius 1 is 1.11 bits per heavy atom. The molecule has 6 rings (SSSR count). The number of likely N-dealkylation sites (tertiary alicyclic amines) is 1. The molecule has 3 aromatic rings. The molecule has 1 saturated heterocycles. The first-order valence-corrected chi connectivity index (χ1v) is 16.3. The van der Waals surface area contributed by atoms with Crippen molar-refractivity contribution in [3.63, 3.8) is 0 Å². The molecule has 2 aliphatic heterocycles. The van der Waals surface area contributed by atoms with Crippen molar-refractivity contribution in [2.75, 3.05) is 20.2 Å². The number of methoxy groups -OCH3 is 1. The summed E-state index contributed by atoms with van der Waals surface area (Å²) in [5.74, 6) is -0.476. The van der Waals surface area contributed by atoms with Crippen molar-refractivity contribution in [1.82, 2.24) is 9.88 Å². The number of ether oxygens (including phenoxy) is 2. The fourth-order valence-corrected chi connectivity index (χ4v) is 5.62. The minimum Gasteiger partial charge on any atom is -0.485 e. The van der Waals surface area contributed by atoms with Gasteiger partial charge in [-0.2, -0.15) is 5.26 Å². The molecule has 1 aliphatic carbocycles. The average molecular weight is 616 g/mol. The maximum Gasteiger partial charge on any atom is 0.306 e. The minimum atomic E-state index is -0.816. The van der Waals surface area contributed by atoms with Crippen LogP contribution in [-0.2, 0) is 24.2 Å². The van der Waals surface area contributed by atoms with E-state index in [1.54, 1.807) is 13.0 Å². The minimum absolute atomic E-state index is 0.0862. The zero-order chi connectivity index (χ0) is 32.3.